The molecule has 3 aromatic rings. The number of thiophene rings is 1. The molecule has 7 nitrogen and oxygen atoms in total. The van der Waals surface area contributed by atoms with Crippen LogP contribution in [0.4, 0.5) is 19.0 Å². The standard InChI is InChI=1S/C16H15F3N6OS/c17-16(18,19)12-7-13(25-15(23-12)20-9-21-25)24-4-1-11(2-5-24)22-14(26)10-3-6-27-8-10/h3,6-9,11H,1-2,4-5H2,(H,22,26). The smallest absolute Gasteiger partial charge is 0.356 e. The van der Waals surface area contributed by atoms with Crippen molar-refractivity contribution in [3.8, 4) is 0 Å². The van der Waals surface area contributed by atoms with Gasteiger partial charge in [0.05, 0.1) is 0 Å². The Balaban J connectivity index is 1.49. The molecular weight excluding hydrogens is 381 g/mol. The highest BCUT2D eigenvalue weighted by Gasteiger charge is 2.35. The van der Waals surface area contributed by atoms with E-state index in [0.29, 0.717) is 37.3 Å². The Morgan fingerprint density at radius 1 is 1.30 bits per heavy atom. The Bertz CT molecular complexity index is 947. The van der Waals surface area contributed by atoms with Gasteiger partial charge in [-0.2, -0.15) is 39.1 Å². The molecule has 0 spiro atoms. The molecule has 0 saturated carbocycles. The van der Waals surface area contributed by atoms with Gasteiger partial charge in [-0.05, 0) is 24.3 Å². The van der Waals surface area contributed by atoms with E-state index in [1.807, 2.05) is 10.3 Å². The summed E-state index contributed by atoms with van der Waals surface area (Å²) in [7, 11) is 0. The molecule has 1 aliphatic heterocycles. The average molecular weight is 396 g/mol. The van der Waals surface area contributed by atoms with Crippen LogP contribution in [0.1, 0.15) is 28.9 Å². The van der Waals surface area contributed by atoms with Crippen molar-refractivity contribution in [3.63, 3.8) is 0 Å². The van der Waals surface area contributed by atoms with Gasteiger partial charge in [0.15, 0.2) is 5.69 Å². The number of nitrogens with zero attached hydrogens (tertiary/aromatic N) is 5. The summed E-state index contributed by atoms with van der Waals surface area (Å²) in [5, 5.41) is 10.6. The van der Waals surface area contributed by atoms with Crippen molar-refractivity contribution in [2.75, 3.05) is 18.0 Å². The number of hydrogen-bond acceptors (Lipinski definition) is 6. The van der Waals surface area contributed by atoms with Crippen LogP contribution in [0.2, 0.25) is 0 Å². The normalized spacial score (nSPS) is 16.0. The molecule has 1 N–H and O–H groups in total. The number of alkyl halides is 3. The fraction of sp³-hybridized carbons (Fsp3) is 0.375. The molecule has 0 bridgehead atoms. The average Bonchev–Trinajstić information content (AvgIpc) is 3.32. The van der Waals surface area contributed by atoms with Crippen molar-refractivity contribution in [3.05, 3.63) is 40.5 Å². The third-order valence-corrected chi connectivity index (χ3v) is 5.14. The first-order chi connectivity index (χ1) is 12.9. The number of aromatic nitrogens is 4. The number of hydrogen-bond donors (Lipinski definition) is 1. The molecule has 0 unspecified atom stereocenters. The van der Waals surface area contributed by atoms with E-state index in [1.54, 1.807) is 11.4 Å². The van der Waals surface area contributed by atoms with Gasteiger partial charge >= 0.3 is 6.18 Å². The van der Waals surface area contributed by atoms with Crippen LogP contribution in [-0.4, -0.2) is 44.6 Å². The van der Waals surface area contributed by atoms with E-state index in [-0.39, 0.29) is 17.7 Å². The van der Waals surface area contributed by atoms with Gasteiger partial charge in [-0.1, -0.05) is 0 Å². The van der Waals surface area contributed by atoms with E-state index in [9.17, 15) is 18.0 Å². The number of piperidine rings is 1. The van der Waals surface area contributed by atoms with Crippen molar-refractivity contribution in [2.24, 2.45) is 0 Å². The second-order valence-corrected chi connectivity index (χ2v) is 7.00. The molecular formula is C16H15F3N6OS. The second kappa shape index (κ2) is 6.80. The summed E-state index contributed by atoms with van der Waals surface area (Å²) >= 11 is 1.45. The topological polar surface area (TPSA) is 75.4 Å². The molecule has 142 valence electrons. The lowest BCUT2D eigenvalue weighted by molar-refractivity contribution is -0.141. The predicted octanol–water partition coefficient (Wildman–Crippen LogP) is 2.60. The van der Waals surface area contributed by atoms with E-state index in [0.717, 1.165) is 6.07 Å². The van der Waals surface area contributed by atoms with E-state index in [4.69, 9.17) is 0 Å². The zero-order valence-electron chi connectivity index (χ0n) is 14.0. The Morgan fingerprint density at radius 2 is 2.07 bits per heavy atom. The third-order valence-electron chi connectivity index (χ3n) is 4.46. The predicted molar refractivity (Wildman–Crippen MR) is 92.8 cm³/mol. The summed E-state index contributed by atoms with van der Waals surface area (Å²) < 4.78 is 40.7. The van der Waals surface area contributed by atoms with Crippen molar-refractivity contribution in [1.29, 1.82) is 0 Å². The quantitative estimate of drug-likeness (QED) is 0.737. The van der Waals surface area contributed by atoms with Crippen LogP contribution >= 0.6 is 11.3 Å². The first kappa shape index (κ1) is 17.7. The molecule has 0 aromatic carbocycles. The second-order valence-electron chi connectivity index (χ2n) is 6.22. The number of amides is 1. The minimum atomic E-state index is -4.56. The number of rotatable bonds is 3. The monoisotopic (exact) mass is 396 g/mol. The number of nitrogens with one attached hydrogen (secondary N) is 1. The van der Waals surface area contributed by atoms with Gasteiger partial charge in [0, 0.05) is 36.1 Å². The summed E-state index contributed by atoms with van der Waals surface area (Å²) in [5.74, 6) is 0.0804. The van der Waals surface area contributed by atoms with Gasteiger partial charge in [-0.15, -0.1) is 0 Å². The Labute approximate surface area is 155 Å². The van der Waals surface area contributed by atoms with Crippen molar-refractivity contribution in [2.45, 2.75) is 25.1 Å². The molecule has 1 amide bonds. The van der Waals surface area contributed by atoms with Crippen LogP contribution in [0.25, 0.3) is 5.78 Å². The van der Waals surface area contributed by atoms with Crippen molar-refractivity contribution in [1.82, 2.24) is 24.9 Å². The molecule has 4 heterocycles. The molecule has 4 rings (SSSR count). The number of carbonyl (C=O) groups excluding carboxylic acids is 1. The molecule has 0 radical (unpaired) electrons. The van der Waals surface area contributed by atoms with E-state index in [1.165, 1.54) is 22.2 Å². The Kier molecular flexibility index (Phi) is 4.46. The van der Waals surface area contributed by atoms with Gasteiger partial charge in [-0.3, -0.25) is 4.79 Å². The van der Waals surface area contributed by atoms with E-state index < -0.39 is 11.9 Å². The Hall–Kier alpha value is -2.69. The molecule has 0 aliphatic carbocycles. The minimum absolute atomic E-state index is 0.0242. The molecule has 1 fully saturated rings. The highest BCUT2D eigenvalue weighted by Crippen LogP contribution is 2.31. The minimum Gasteiger partial charge on any atom is -0.356 e. The van der Waals surface area contributed by atoms with Crippen molar-refractivity contribution >= 4 is 28.8 Å². The van der Waals surface area contributed by atoms with Gasteiger partial charge in [-0.25, -0.2) is 4.98 Å². The maximum absolute atomic E-state index is 13.1. The van der Waals surface area contributed by atoms with Crippen LogP contribution in [0, 0.1) is 0 Å². The lowest BCUT2D eigenvalue weighted by atomic mass is 10.0. The molecule has 1 saturated heterocycles. The molecule has 1 aliphatic rings. The zero-order chi connectivity index (χ0) is 19.0. The van der Waals surface area contributed by atoms with E-state index in [2.05, 4.69) is 20.4 Å². The van der Waals surface area contributed by atoms with Gasteiger partial charge in [0.25, 0.3) is 11.7 Å². The largest absolute Gasteiger partial charge is 0.433 e. The SMILES string of the molecule is O=C(NC1CCN(c2cc(C(F)(F)F)nc3ncnn23)CC1)c1ccsc1. The summed E-state index contributed by atoms with van der Waals surface area (Å²) in [4.78, 5) is 21.3. The summed E-state index contributed by atoms with van der Waals surface area (Å²) in [6.07, 6.45) is -2.14. The number of fused-ring (bicyclic) bond motifs is 1. The van der Waals surface area contributed by atoms with Crippen LogP contribution in [0.3, 0.4) is 0 Å². The lowest BCUT2D eigenvalue weighted by Gasteiger charge is -2.33. The van der Waals surface area contributed by atoms with Gasteiger partial charge < -0.3 is 10.2 Å². The molecule has 27 heavy (non-hydrogen) atoms. The maximum atomic E-state index is 13.1. The Morgan fingerprint density at radius 3 is 2.74 bits per heavy atom. The van der Waals surface area contributed by atoms with Crippen LogP contribution in [0.5, 0.6) is 0 Å². The summed E-state index contributed by atoms with van der Waals surface area (Å²) in [5.41, 5.74) is -0.374. The molecule has 0 atom stereocenters. The van der Waals surface area contributed by atoms with Crippen LogP contribution < -0.4 is 10.2 Å². The first-order valence-electron chi connectivity index (χ1n) is 8.28. The highest BCUT2D eigenvalue weighted by molar-refractivity contribution is 7.08. The van der Waals surface area contributed by atoms with Crippen LogP contribution in [0.15, 0.2) is 29.2 Å². The maximum Gasteiger partial charge on any atom is 0.433 e. The summed E-state index contributed by atoms with van der Waals surface area (Å²) in [6.45, 7) is 0.982. The molecule has 3 aromatic heterocycles. The fourth-order valence-electron chi connectivity index (χ4n) is 3.08. The lowest BCUT2D eigenvalue weighted by Crippen LogP contribution is -2.45. The molecule has 11 heteroatoms. The zero-order valence-corrected chi connectivity index (χ0v) is 14.8. The number of halogens is 3. The van der Waals surface area contributed by atoms with E-state index >= 15 is 0 Å². The first-order valence-corrected chi connectivity index (χ1v) is 9.22. The fourth-order valence-corrected chi connectivity index (χ4v) is 3.72. The van der Waals surface area contributed by atoms with Crippen molar-refractivity contribution < 1.29 is 18.0 Å². The third kappa shape index (κ3) is 3.59. The highest BCUT2D eigenvalue weighted by atomic mass is 32.1. The van der Waals surface area contributed by atoms with Gasteiger partial charge in [0.2, 0.25) is 0 Å². The number of anilines is 1. The van der Waals surface area contributed by atoms with Gasteiger partial charge in [0.1, 0.15) is 12.1 Å². The summed E-state index contributed by atoms with van der Waals surface area (Å²) in [6, 6.07) is 2.72. The van der Waals surface area contributed by atoms with Crippen LogP contribution in [-0.2, 0) is 6.18 Å². The number of carbonyl (C=O) groups is 1.